The summed E-state index contributed by atoms with van der Waals surface area (Å²) in [5.74, 6) is -1.52. The largest absolute Gasteiger partial charge is 0.462 e. The molecule has 304 valence electrons. The standard InChI is InChI=1S/C43H77BrO6Si3/c1-20-47-40(46)35-25-22-26-36(48-51(14,15)41(5,6)7)32(3)37(49-52(16,17)42(8,9)10)30-28-34(44)24-21-23-31(2)27-29-38(33(4)39(35)45)50-53(18,19)43(11,12)13/h22-26,28,30,32-33,36-38H,20-21,27,29H2,1-19H3/b26-22+,30-28+,31-23-,34-24+,35-25+/t32-,33-,36+,37?,38?/m1/s1. The van der Waals surface area contributed by atoms with Crippen LogP contribution in [-0.4, -0.2) is 61.6 Å². The SMILES string of the molecule is CCOC(=O)/C1=C/C=C/[C@H](O[Si](C)(C)C(C)(C)C)[C@@H](C)C(O[Si](C)(C)C(C)(C)C)/C=C/C(Br)=C\C/C=C(/C)CCC(O[Si](C)(C)C(C)(C)C)[C@@H](C)C1=O. The third-order valence-corrected chi connectivity index (χ3v) is 26.1. The summed E-state index contributed by atoms with van der Waals surface area (Å²) in [5, 5.41) is -0.0719. The molecule has 0 amide bonds. The maximum atomic E-state index is 14.4. The molecule has 0 heterocycles. The van der Waals surface area contributed by atoms with E-state index >= 15 is 0 Å². The van der Waals surface area contributed by atoms with E-state index in [9.17, 15) is 9.59 Å². The Labute approximate surface area is 337 Å². The smallest absolute Gasteiger partial charge is 0.341 e. The molecule has 0 fully saturated rings. The summed E-state index contributed by atoms with van der Waals surface area (Å²) in [7, 11) is -6.75. The number of allylic oxidation sites excluding steroid dienone is 7. The van der Waals surface area contributed by atoms with Crippen LogP contribution in [0.2, 0.25) is 54.4 Å². The fourth-order valence-electron chi connectivity index (χ4n) is 5.07. The topological polar surface area (TPSA) is 71.1 Å². The molecule has 0 aromatic rings. The van der Waals surface area contributed by atoms with Crippen molar-refractivity contribution >= 4 is 52.6 Å². The number of halogens is 1. The van der Waals surface area contributed by atoms with Gasteiger partial charge >= 0.3 is 5.97 Å². The minimum Gasteiger partial charge on any atom is -0.462 e. The van der Waals surface area contributed by atoms with E-state index in [0.717, 1.165) is 17.3 Å². The number of Topliss-reactive ketones (excluding diaryl/α,β-unsaturated/α-hetero) is 1. The van der Waals surface area contributed by atoms with Crippen LogP contribution in [0.15, 0.2) is 58.2 Å². The Hall–Kier alpha value is -1.15. The summed E-state index contributed by atoms with van der Waals surface area (Å²) in [6, 6.07) is 0. The van der Waals surface area contributed by atoms with Crippen LogP contribution in [0.3, 0.4) is 0 Å². The highest BCUT2D eigenvalue weighted by Crippen LogP contribution is 2.42. The quantitative estimate of drug-likeness (QED) is 0.105. The van der Waals surface area contributed by atoms with Gasteiger partial charge in [0.1, 0.15) is 5.57 Å². The second-order valence-electron chi connectivity index (χ2n) is 19.6. The van der Waals surface area contributed by atoms with Gasteiger partial charge in [-0.05, 0) is 99.7 Å². The molecule has 0 saturated heterocycles. The van der Waals surface area contributed by atoms with Crippen molar-refractivity contribution in [1.29, 1.82) is 0 Å². The molecule has 5 atom stereocenters. The van der Waals surface area contributed by atoms with E-state index in [0.29, 0.717) is 6.42 Å². The Morgan fingerprint density at radius 1 is 0.792 bits per heavy atom. The number of hydrogen-bond acceptors (Lipinski definition) is 6. The number of carbonyl (C=O) groups is 2. The van der Waals surface area contributed by atoms with Crippen LogP contribution in [0.25, 0.3) is 0 Å². The van der Waals surface area contributed by atoms with Crippen LogP contribution >= 0.6 is 15.9 Å². The highest BCUT2D eigenvalue weighted by atomic mass is 79.9. The minimum atomic E-state index is -2.28. The first-order chi connectivity index (χ1) is 23.9. The van der Waals surface area contributed by atoms with Gasteiger partial charge in [0.15, 0.2) is 30.7 Å². The summed E-state index contributed by atoms with van der Waals surface area (Å²) in [5.41, 5.74) is 1.26. The molecule has 1 aliphatic carbocycles. The van der Waals surface area contributed by atoms with E-state index in [1.165, 1.54) is 5.57 Å². The molecule has 0 bridgehead atoms. The van der Waals surface area contributed by atoms with Crippen molar-refractivity contribution in [3.63, 3.8) is 0 Å². The predicted octanol–water partition coefficient (Wildman–Crippen LogP) is 13.0. The van der Waals surface area contributed by atoms with Gasteiger partial charge in [-0.2, -0.15) is 0 Å². The lowest BCUT2D eigenvalue weighted by Gasteiger charge is -2.44. The van der Waals surface area contributed by atoms with Crippen molar-refractivity contribution in [2.24, 2.45) is 11.8 Å². The predicted molar refractivity (Wildman–Crippen MR) is 237 cm³/mol. The lowest BCUT2D eigenvalue weighted by atomic mass is 9.90. The zero-order chi connectivity index (χ0) is 41.4. The van der Waals surface area contributed by atoms with Crippen LogP contribution in [0.1, 0.15) is 109 Å². The lowest BCUT2D eigenvalue weighted by Crippen LogP contribution is -2.49. The molecule has 2 unspecified atom stereocenters. The average Bonchev–Trinajstić information content (AvgIpc) is 2.99. The number of ether oxygens (including phenoxy) is 1. The van der Waals surface area contributed by atoms with Gasteiger partial charge in [-0.25, -0.2) is 4.79 Å². The Morgan fingerprint density at radius 2 is 1.26 bits per heavy atom. The summed E-state index contributed by atoms with van der Waals surface area (Å²) < 4.78 is 27.7. The highest BCUT2D eigenvalue weighted by Gasteiger charge is 2.44. The monoisotopic (exact) mass is 852 g/mol. The number of esters is 1. The van der Waals surface area contributed by atoms with Crippen LogP contribution in [0.5, 0.6) is 0 Å². The highest BCUT2D eigenvalue weighted by molar-refractivity contribution is 9.11. The zero-order valence-electron chi connectivity index (χ0n) is 37.1. The van der Waals surface area contributed by atoms with Gasteiger partial charge in [0.25, 0.3) is 0 Å². The molecule has 0 aromatic heterocycles. The second-order valence-corrected chi connectivity index (χ2v) is 34.8. The van der Waals surface area contributed by atoms with Crippen molar-refractivity contribution in [2.45, 2.75) is 182 Å². The molecular weight excluding hydrogens is 777 g/mol. The number of carbonyl (C=O) groups excluding carboxylic acids is 2. The zero-order valence-corrected chi connectivity index (χ0v) is 41.7. The summed E-state index contributed by atoms with van der Waals surface area (Å²) in [4.78, 5) is 27.9. The van der Waals surface area contributed by atoms with Gasteiger partial charge in [-0.3, -0.25) is 4.79 Å². The van der Waals surface area contributed by atoms with Crippen LogP contribution in [-0.2, 0) is 27.6 Å². The third kappa shape index (κ3) is 15.0. The number of hydrogen-bond donors (Lipinski definition) is 0. The molecule has 1 aliphatic rings. The average molecular weight is 854 g/mol. The summed E-state index contributed by atoms with van der Waals surface area (Å²) in [6.07, 6.45) is 15.4. The van der Waals surface area contributed by atoms with E-state index in [-0.39, 0.29) is 57.3 Å². The normalized spacial score (nSPS) is 28.6. The Bertz CT molecular complexity index is 1390. The molecule has 0 N–H and O–H groups in total. The van der Waals surface area contributed by atoms with Gasteiger partial charge in [-0.15, -0.1) is 0 Å². The molecule has 0 spiro atoms. The van der Waals surface area contributed by atoms with Crippen molar-refractivity contribution in [1.82, 2.24) is 0 Å². The van der Waals surface area contributed by atoms with Crippen molar-refractivity contribution in [2.75, 3.05) is 6.61 Å². The second kappa shape index (κ2) is 19.8. The van der Waals surface area contributed by atoms with E-state index in [4.69, 9.17) is 18.0 Å². The Morgan fingerprint density at radius 3 is 1.74 bits per heavy atom. The van der Waals surface area contributed by atoms with E-state index in [1.807, 2.05) is 19.1 Å². The van der Waals surface area contributed by atoms with Crippen LogP contribution in [0.4, 0.5) is 0 Å². The molecule has 6 nitrogen and oxygen atoms in total. The molecule has 0 saturated carbocycles. The number of rotatable bonds is 8. The molecule has 0 aromatic carbocycles. The molecule has 1 rings (SSSR count). The maximum Gasteiger partial charge on any atom is 0.341 e. The first-order valence-corrected chi connectivity index (χ1v) is 29.2. The molecular formula is C43H77BrO6Si3. The first kappa shape index (κ1) is 49.9. The minimum absolute atomic E-state index is 0.00653. The van der Waals surface area contributed by atoms with Crippen molar-refractivity contribution < 1.29 is 27.6 Å². The fraction of sp³-hybridized carbons (Fsp3) is 0.721. The maximum absolute atomic E-state index is 14.4. The van der Waals surface area contributed by atoms with Crippen LogP contribution in [0, 0.1) is 11.8 Å². The molecule has 53 heavy (non-hydrogen) atoms. The fourth-order valence-corrected chi connectivity index (χ4v) is 9.49. The van der Waals surface area contributed by atoms with Gasteiger partial charge in [-0.1, -0.05) is 128 Å². The van der Waals surface area contributed by atoms with Gasteiger partial charge in [0.05, 0.1) is 24.9 Å². The molecule has 0 radical (unpaired) electrons. The van der Waals surface area contributed by atoms with E-state index < -0.39 is 36.8 Å². The summed E-state index contributed by atoms with van der Waals surface area (Å²) >= 11 is 3.82. The van der Waals surface area contributed by atoms with E-state index in [2.05, 4.69) is 156 Å². The lowest BCUT2D eigenvalue weighted by molar-refractivity contribution is -0.140. The van der Waals surface area contributed by atoms with Crippen LogP contribution < -0.4 is 0 Å². The summed E-state index contributed by atoms with van der Waals surface area (Å²) in [6.45, 7) is 41.8. The van der Waals surface area contributed by atoms with Gasteiger partial charge in [0, 0.05) is 16.3 Å². The first-order valence-electron chi connectivity index (χ1n) is 19.7. The number of ketones is 1. The Balaban J connectivity index is 4.09. The van der Waals surface area contributed by atoms with Gasteiger partial charge < -0.3 is 18.0 Å². The Kier molecular flexibility index (Phi) is 18.6. The van der Waals surface area contributed by atoms with Gasteiger partial charge in [0.2, 0.25) is 0 Å². The van der Waals surface area contributed by atoms with E-state index in [1.54, 1.807) is 13.0 Å². The molecule has 10 heteroatoms. The molecule has 0 aliphatic heterocycles. The van der Waals surface area contributed by atoms with Crippen molar-refractivity contribution in [3.05, 3.63) is 58.2 Å². The van der Waals surface area contributed by atoms with Crippen molar-refractivity contribution in [3.8, 4) is 0 Å². The third-order valence-electron chi connectivity index (χ3n) is 12.1.